The van der Waals surface area contributed by atoms with Crippen molar-refractivity contribution in [1.82, 2.24) is 9.99 Å². The van der Waals surface area contributed by atoms with Gasteiger partial charge in [-0.15, -0.1) is 0 Å². The highest BCUT2D eigenvalue weighted by Gasteiger charge is 2.21. The van der Waals surface area contributed by atoms with E-state index in [9.17, 15) is 13.2 Å². The van der Waals surface area contributed by atoms with Crippen molar-refractivity contribution in [3.63, 3.8) is 0 Å². The summed E-state index contributed by atoms with van der Waals surface area (Å²) in [6.07, 6.45) is 2.54. The van der Waals surface area contributed by atoms with Crippen molar-refractivity contribution in [1.29, 1.82) is 0 Å². The monoisotopic (exact) mass is 506 g/mol. The topological polar surface area (TPSA) is 83.8 Å². The summed E-state index contributed by atoms with van der Waals surface area (Å²) in [6, 6.07) is 14.3. The molecule has 3 rings (SSSR count). The number of nitrogens with one attached hydrogen (secondary N) is 1. The molecule has 0 aliphatic carbocycles. The molecule has 3 aromatic rings. The molecule has 10 heteroatoms. The van der Waals surface area contributed by atoms with Crippen molar-refractivity contribution in [2.75, 3.05) is 17.1 Å². The highest BCUT2D eigenvalue weighted by Crippen LogP contribution is 2.27. The highest BCUT2D eigenvalue weighted by atomic mass is 35.5. The SMILES string of the molecule is Cc1ccccc1-n1c(C)cc(/C=N\NC(=O)CN(c2cc(Cl)cc(Cl)c2)S(C)(=O)=O)c1C. The number of hydrogen-bond donors (Lipinski definition) is 1. The summed E-state index contributed by atoms with van der Waals surface area (Å²) in [4.78, 5) is 12.5. The number of sulfonamides is 1. The Morgan fingerprint density at radius 1 is 1.09 bits per heavy atom. The van der Waals surface area contributed by atoms with Crippen LogP contribution in [0.3, 0.4) is 0 Å². The van der Waals surface area contributed by atoms with E-state index >= 15 is 0 Å². The normalized spacial score (nSPS) is 11.7. The lowest BCUT2D eigenvalue weighted by Crippen LogP contribution is -2.39. The van der Waals surface area contributed by atoms with Gasteiger partial charge in [0.05, 0.1) is 18.2 Å². The Hall–Kier alpha value is -2.81. The van der Waals surface area contributed by atoms with Crippen LogP contribution in [0.1, 0.15) is 22.5 Å². The minimum absolute atomic E-state index is 0.191. The summed E-state index contributed by atoms with van der Waals surface area (Å²) in [5, 5.41) is 4.54. The zero-order chi connectivity index (χ0) is 24.3. The number of carbonyl (C=O) groups is 1. The van der Waals surface area contributed by atoms with Crippen LogP contribution in [-0.2, 0) is 14.8 Å². The summed E-state index contributed by atoms with van der Waals surface area (Å²) in [5.74, 6) is -0.611. The summed E-state index contributed by atoms with van der Waals surface area (Å²) in [7, 11) is -3.77. The van der Waals surface area contributed by atoms with Gasteiger partial charge in [-0.2, -0.15) is 5.10 Å². The number of para-hydroxylation sites is 1. The maximum Gasteiger partial charge on any atom is 0.260 e. The third-order valence-electron chi connectivity index (χ3n) is 5.04. The van der Waals surface area contributed by atoms with E-state index in [0.29, 0.717) is 0 Å². The first-order chi connectivity index (χ1) is 15.5. The Balaban J connectivity index is 1.77. The van der Waals surface area contributed by atoms with Gasteiger partial charge in [0.25, 0.3) is 5.91 Å². The first-order valence-electron chi connectivity index (χ1n) is 9.98. The summed E-state index contributed by atoms with van der Waals surface area (Å²) < 4.78 is 27.5. The number of aryl methyl sites for hydroxylation is 2. The highest BCUT2D eigenvalue weighted by molar-refractivity contribution is 7.92. The molecule has 0 fully saturated rings. The molecule has 0 atom stereocenters. The van der Waals surface area contributed by atoms with Gasteiger partial charge in [-0.25, -0.2) is 13.8 Å². The zero-order valence-electron chi connectivity index (χ0n) is 18.6. The summed E-state index contributed by atoms with van der Waals surface area (Å²) in [5.41, 5.74) is 7.61. The molecule has 2 aromatic carbocycles. The zero-order valence-corrected chi connectivity index (χ0v) is 21.0. The smallest absolute Gasteiger partial charge is 0.260 e. The molecule has 7 nitrogen and oxygen atoms in total. The molecule has 174 valence electrons. The molecule has 1 heterocycles. The van der Waals surface area contributed by atoms with Gasteiger partial charge in [-0.1, -0.05) is 41.4 Å². The molecular weight excluding hydrogens is 483 g/mol. The summed E-state index contributed by atoms with van der Waals surface area (Å²) >= 11 is 12.0. The van der Waals surface area contributed by atoms with Gasteiger partial charge in [0, 0.05) is 32.7 Å². The fourth-order valence-electron chi connectivity index (χ4n) is 3.53. The van der Waals surface area contributed by atoms with Crippen LogP contribution in [0, 0.1) is 20.8 Å². The fourth-order valence-corrected chi connectivity index (χ4v) is 4.88. The molecule has 0 bridgehead atoms. The molecule has 0 unspecified atom stereocenters. The first-order valence-corrected chi connectivity index (χ1v) is 12.6. The van der Waals surface area contributed by atoms with Crippen LogP contribution in [0.15, 0.2) is 53.6 Å². The Bertz CT molecular complexity index is 1310. The number of halogens is 2. The third kappa shape index (κ3) is 5.96. The van der Waals surface area contributed by atoms with Gasteiger partial charge in [0.15, 0.2) is 0 Å². The van der Waals surface area contributed by atoms with Crippen molar-refractivity contribution in [3.8, 4) is 5.69 Å². The molecule has 1 aromatic heterocycles. The van der Waals surface area contributed by atoms with E-state index in [0.717, 1.165) is 38.8 Å². The average molecular weight is 507 g/mol. The van der Waals surface area contributed by atoms with Crippen molar-refractivity contribution in [3.05, 3.63) is 81.1 Å². The van der Waals surface area contributed by atoms with E-state index in [1.165, 1.54) is 24.4 Å². The van der Waals surface area contributed by atoms with Crippen molar-refractivity contribution in [2.45, 2.75) is 20.8 Å². The summed E-state index contributed by atoms with van der Waals surface area (Å²) in [6.45, 7) is 5.53. The van der Waals surface area contributed by atoms with Crippen molar-refractivity contribution < 1.29 is 13.2 Å². The standard InChI is InChI=1S/C23H24Cl2N4O3S/c1-15-7-5-6-8-22(15)29-16(2)9-18(17(29)3)13-26-27-23(30)14-28(33(4,31)32)21-11-19(24)10-20(25)12-21/h5-13H,14H2,1-4H3,(H,27,30)/b26-13-. The number of hydrogen-bond acceptors (Lipinski definition) is 4. The quantitative estimate of drug-likeness (QED) is 0.374. The fraction of sp³-hybridized carbons (Fsp3) is 0.217. The lowest BCUT2D eigenvalue weighted by molar-refractivity contribution is -0.119. The van der Waals surface area contributed by atoms with E-state index in [2.05, 4.69) is 15.1 Å². The second-order valence-electron chi connectivity index (χ2n) is 7.64. The lowest BCUT2D eigenvalue weighted by Gasteiger charge is -2.21. The molecule has 0 aliphatic rings. The number of hydrazone groups is 1. The minimum atomic E-state index is -3.77. The van der Waals surface area contributed by atoms with Crippen LogP contribution >= 0.6 is 23.2 Å². The number of nitrogens with zero attached hydrogens (tertiary/aromatic N) is 3. The van der Waals surface area contributed by atoms with Gasteiger partial charge in [0.1, 0.15) is 6.54 Å². The van der Waals surface area contributed by atoms with Crippen LogP contribution in [0.4, 0.5) is 5.69 Å². The van der Waals surface area contributed by atoms with E-state index < -0.39 is 22.5 Å². The molecule has 0 saturated heterocycles. The van der Waals surface area contributed by atoms with E-state index in [1.807, 2.05) is 51.1 Å². The van der Waals surface area contributed by atoms with Crippen molar-refractivity contribution in [2.24, 2.45) is 5.10 Å². The Morgan fingerprint density at radius 3 is 2.33 bits per heavy atom. The predicted octanol–water partition coefficient (Wildman–Crippen LogP) is 4.63. The molecule has 33 heavy (non-hydrogen) atoms. The van der Waals surface area contributed by atoms with Crippen molar-refractivity contribution >= 4 is 51.0 Å². The van der Waals surface area contributed by atoms with Crippen LogP contribution in [0.5, 0.6) is 0 Å². The molecule has 1 amide bonds. The van der Waals surface area contributed by atoms with E-state index in [1.54, 1.807) is 0 Å². The Labute approximate surface area is 203 Å². The molecule has 0 spiro atoms. The van der Waals surface area contributed by atoms with Gasteiger partial charge < -0.3 is 4.57 Å². The molecule has 1 N–H and O–H groups in total. The number of aromatic nitrogens is 1. The second-order valence-corrected chi connectivity index (χ2v) is 10.4. The predicted molar refractivity (Wildman–Crippen MR) is 134 cm³/mol. The number of carbonyl (C=O) groups excluding carboxylic acids is 1. The first kappa shape index (κ1) is 24.8. The maximum atomic E-state index is 12.5. The number of amides is 1. The molecule has 0 aliphatic heterocycles. The minimum Gasteiger partial charge on any atom is -0.318 e. The van der Waals surface area contributed by atoms with Gasteiger partial charge >= 0.3 is 0 Å². The van der Waals surface area contributed by atoms with E-state index in [-0.39, 0.29) is 15.7 Å². The van der Waals surface area contributed by atoms with Crippen LogP contribution in [0.25, 0.3) is 5.69 Å². The molecule has 0 saturated carbocycles. The largest absolute Gasteiger partial charge is 0.318 e. The number of benzene rings is 2. The molecular formula is C23H24Cl2N4O3S. The second kappa shape index (κ2) is 9.99. The maximum absolute atomic E-state index is 12.5. The average Bonchev–Trinajstić information content (AvgIpc) is 2.98. The van der Waals surface area contributed by atoms with E-state index in [4.69, 9.17) is 23.2 Å². The lowest BCUT2D eigenvalue weighted by atomic mass is 10.2. The van der Waals surface area contributed by atoms with Crippen LogP contribution in [0.2, 0.25) is 10.0 Å². The van der Waals surface area contributed by atoms with Gasteiger partial charge in [0.2, 0.25) is 10.0 Å². The Morgan fingerprint density at radius 2 is 1.73 bits per heavy atom. The van der Waals surface area contributed by atoms with Crippen LogP contribution in [-0.4, -0.2) is 37.9 Å². The van der Waals surface area contributed by atoms with Gasteiger partial charge in [-0.05, 0) is 56.7 Å². The third-order valence-corrected chi connectivity index (χ3v) is 6.62. The number of rotatable bonds is 7. The van der Waals surface area contributed by atoms with Gasteiger partial charge in [-0.3, -0.25) is 9.10 Å². The Kier molecular flexibility index (Phi) is 7.51. The van der Waals surface area contributed by atoms with Crippen LogP contribution < -0.4 is 9.73 Å². The number of anilines is 1. The molecule has 0 radical (unpaired) electrons.